The number of para-hydroxylation sites is 1. The number of hydrogen-bond acceptors (Lipinski definition) is 7. The quantitative estimate of drug-likeness (QED) is 0.0962. The number of non-ortho nitro benzene ring substituents is 1. The second-order valence-corrected chi connectivity index (χ2v) is 11.0. The maximum atomic E-state index is 14.0. The predicted octanol–water partition coefficient (Wildman–Crippen LogP) is 8.14. The summed E-state index contributed by atoms with van der Waals surface area (Å²) in [5.74, 6) is 1.13. The molecule has 5 aromatic rings. The van der Waals surface area contributed by atoms with Crippen molar-refractivity contribution in [3.63, 3.8) is 0 Å². The van der Waals surface area contributed by atoms with E-state index in [9.17, 15) is 14.9 Å². The van der Waals surface area contributed by atoms with E-state index in [2.05, 4.69) is 0 Å². The minimum absolute atomic E-state index is 0.00193. The van der Waals surface area contributed by atoms with Crippen LogP contribution in [-0.4, -0.2) is 28.0 Å². The molecule has 0 bridgehead atoms. The Labute approximate surface area is 258 Å². The first-order valence-electron chi connectivity index (χ1n) is 13.8. The zero-order valence-corrected chi connectivity index (χ0v) is 24.6. The molecule has 1 amide bonds. The Morgan fingerprint density at radius 3 is 2.43 bits per heavy atom. The monoisotopic (exact) mass is 601 g/mol. The van der Waals surface area contributed by atoms with Gasteiger partial charge in [-0.25, -0.2) is 4.99 Å². The number of nitro groups is 1. The number of methoxy groups -OCH3 is 1. The van der Waals surface area contributed by atoms with Crippen LogP contribution in [0.25, 0.3) is 16.8 Å². The summed E-state index contributed by atoms with van der Waals surface area (Å²) in [6.07, 6.45) is 1.85. The smallest absolute Gasteiger partial charge is 0.269 e. The molecular weight excluding hydrogens is 574 g/mol. The summed E-state index contributed by atoms with van der Waals surface area (Å²) in [6, 6.07) is 35.2. The lowest BCUT2D eigenvalue weighted by Gasteiger charge is -2.16. The van der Waals surface area contributed by atoms with E-state index in [1.165, 1.54) is 23.9 Å². The average Bonchev–Trinajstić information content (AvgIpc) is 3.34. The molecule has 218 valence electrons. The van der Waals surface area contributed by atoms with Crippen LogP contribution in [0.2, 0.25) is 0 Å². The van der Waals surface area contributed by atoms with Gasteiger partial charge in [-0.3, -0.25) is 19.8 Å². The van der Waals surface area contributed by atoms with E-state index in [0.29, 0.717) is 27.9 Å². The van der Waals surface area contributed by atoms with Gasteiger partial charge < -0.3 is 9.47 Å². The molecule has 1 aliphatic rings. The fourth-order valence-electron chi connectivity index (χ4n) is 4.86. The van der Waals surface area contributed by atoms with Crippen molar-refractivity contribution < 1.29 is 19.2 Å². The van der Waals surface area contributed by atoms with Crippen LogP contribution < -0.4 is 9.47 Å². The van der Waals surface area contributed by atoms with Crippen LogP contribution in [0.5, 0.6) is 11.5 Å². The summed E-state index contributed by atoms with van der Waals surface area (Å²) in [5, 5.41) is 13.7. The lowest BCUT2D eigenvalue weighted by Crippen LogP contribution is -2.28. The van der Waals surface area contributed by atoms with Gasteiger partial charge in [0.2, 0.25) is 0 Å². The van der Waals surface area contributed by atoms with Crippen LogP contribution in [0.4, 0.5) is 11.4 Å². The highest BCUT2D eigenvalue weighted by Gasteiger charge is 2.34. The van der Waals surface area contributed by atoms with Crippen LogP contribution in [0.3, 0.4) is 0 Å². The number of hydrogen-bond donors (Lipinski definition) is 0. The Balaban J connectivity index is 1.38. The molecule has 0 aliphatic carbocycles. The molecule has 0 atom stereocenters. The standard InChI is InChI=1S/C35H27N3O5S/c1-42-29-17-14-24(15-18-29)22-37-34(39)33(44-35(37)36-27-10-3-2-4-11-27)21-31-30-13-6-5-9-26(30)16-19-32(31)43-23-25-8-7-12-28(20-25)38(40)41/h2-21H,22-23H2,1H3/b33-21-,36-35?. The summed E-state index contributed by atoms with van der Waals surface area (Å²) in [7, 11) is 1.62. The van der Waals surface area contributed by atoms with Gasteiger partial charge in [0.25, 0.3) is 11.6 Å². The van der Waals surface area contributed by atoms with Gasteiger partial charge in [-0.1, -0.05) is 72.8 Å². The fourth-order valence-corrected chi connectivity index (χ4v) is 5.84. The molecule has 6 rings (SSSR count). The number of aliphatic imine (C=N–C) groups is 1. The summed E-state index contributed by atoms with van der Waals surface area (Å²) >= 11 is 1.31. The number of fused-ring (bicyclic) bond motifs is 1. The van der Waals surface area contributed by atoms with E-state index < -0.39 is 4.92 Å². The molecule has 0 radical (unpaired) electrons. The van der Waals surface area contributed by atoms with Crippen molar-refractivity contribution in [3.05, 3.63) is 147 Å². The molecule has 1 heterocycles. The summed E-state index contributed by atoms with van der Waals surface area (Å²) in [5.41, 5.74) is 3.10. The molecule has 44 heavy (non-hydrogen) atoms. The number of carbonyl (C=O) groups is 1. The first-order valence-corrected chi connectivity index (χ1v) is 14.7. The molecule has 9 heteroatoms. The van der Waals surface area contributed by atoms with Crippen molar-refractivity contribution in [1.29, 1.82) is 0 Å². The molecule has 1 aliphatic heterocycles. The maximum Gasteiger partial charge on any atom is 0.269 e. The predicted molar refractivity (Wildman–Crippen MR) is 174 cm³/mol. The number of rotatable bonds is 9. The molecule has 8 nitrogen and oxygen atoms in total. The van der Waals surface area contributed by atoms with Crippen molar-refractivity contribution in [2.24, 2.45) is 4.99 Å². The number of amidine groups is 1. The number of nitrogens with zero attached hydrogens (tertiary/aromatic N) is 3. The number of amides is 1. The minimum Gasteiger partial charge on any atom is -0.497 e. The average molecular weight is 602 g/mol. The van der Waals surface area contributed by atoms with Gasteiger partial charge in [-0.15, -0.1) is 0 Å². The zero-order valence-electron chi connectivity index (χ0n) is 23.8. The largest absolute Gasteiger partial charge is 0.497 e. The summed E-state index contributed by atoms with van der Waals surface area (Å²) in [6.45, 7) is 0.464. The number of thioether (sulfide) groups is 1. The number of carbonyl (C=O) groups excluding carboxylic acids is 1. The molecule has 0 aromatic heterocycles. The van der Waals surface area contributed by atoms with E-state index in [1.807, 2.05) is 97.1 Å². The molecule has 0 saturated carbocycles. The van der Waals surface area contributed by atoms with Gasteiger partial charge in [-0.2, -0.15) is 0 Å². The number of nitro benzene ring substituents is 1. The maximum absolute atomic E-state index is 14.0. The van der Waals surface area contributed by atoms with E-state index >= 15 is 0 Å². The first-order chi connectivity index (χ1) is 21.5. The summed E-state index contributed by atoms with van der Waals surface area (Å²) < 4.78 is 11.5. The van der Waals surface area contributed by atoms with Crippen LogP contribution in [0, 0.1) is 10.1 Å². The zero-order chi connectivity index (χ0) is 30.5. The van der Waals surface area contributed by atoms with Crippen molar-refractivity contribution in [2.75, 3.05) is 7.11 Å². The highest BCUT2D eigenvalue weighted by molar-refractivity contribution is 8.18. The lowest BCUT2D eigenvalue weighted by molar-refractivity contribution is -0.384. The Morgan fingerprint density at radius 1 is 0.886 bits per heavy atom. The van der Waals surface area contributed by atoms with Crippen LogP contribution in [-0.2, 0) is 17.9 Å². The number of ether oxygens (including phenoxy) is 2. The van der Waals surface area contributed by atoms with E-state index in [-0.39, 0.29) is 18.2 Å². The van der Waals surface area contributed by atoms with Crippen LogP contribution >= 0.6 is 11.8 Å². The minimum atomic E-state index is -0.426. The van der Waals surface area contributed by atoms with Gasteiger partial charge in [0.15, 0.2) is 5.17 Å². The van der Waals surface area contributed by atoms with Gasteiger partial charge in [0, 0.05) is 17.7 Å². The second-order valence-electron chi connectivity index (χ2n) is 9.99. The molecule has 1 saturated heterocycles. The third-order valence-corrected chi connectivity index (χ3v) is 8.10. The van der Waals surface area contributed by atoms with Crippen LogP contribution in [0.15, 0.2) is 125 Å². The van der Waals surface area contributed by atoms with E-state index in [4.69, 9.17) is 14.5 Å². The highest BCUT2D eigenvalue weighted by atomic mass is 32.2. The van der Waals surface area contributed by atoms with Crippen molar-refractivity contribution in [3.8, 4) is 11.5 Å². The summed E-state index contributed by atoms with van der Waals surface area (Å²) in [4.78, 5) is 31.8. The molecule has 1 fully saturated rings. The van der Waals surface area contributed by atoms with Crippen molar-refractivity contribution >= 4 is 51.1 Å². The number of benzene rings is 5. The lowest BCUT2D eigenvalue weighted by atomic mass is 10.0. The SMILES string of the molecule is COc1ccc(CN2C(=O)/C(=C/c3c(OCc4cccc([N+](=O)[O-])c4)ccc4ccccc34)SC2=Nc2ccccc2)cc1. The Bertz CT molecular complexity index is 1910. The Morgan fingerprint density at radius 2 is 1.66 bits per heavy atom. The third-order valence-electron chi connectivity index (χ3n) is 7.09. The van der Waals surface area contributed by atoms with E-state index in [1.54, 1.807) is 24.1 Å². The second kappa shape index (κ2) is 12.8. The van der Waals surface area contributed by atoms with Gasteiger partial charge in [0.1, 0.15) is 18.1 Å². The Hall–Kier alpha value is -5.41. The van der Waals surface area contributed by atoms with Gasteiger partial charge >= 0.3 is 0 Å². The third kappa shape index (κ3) is 6.33. The topological polar surface area (TPSA) is 94.3 Å². The van der Waals surface area contributed by atoms with Crippen molar-refractivity contribution in [2.45, 2.75) is 13.2 Å². The van der Waals surface area contributed by atoms with Gasteiger partial charge in [-0.05, 0) is 70.1 Å². The molecule has 5 aromatic carbocycles. The highest BCUT2D eigenvalue weighted by Crippen LogP contribution is 2.39. The first kappa shape index (κ1) is 28.7. The van der Waals surface area contributed by atoms with Gasteiger partial charge in [0.05, 0.1) is 29.2 Å². The Kier molecular flexibility index (Phi) is 8.38. The van der Waals surface area contributed by atoms with Crippen LogP contribution in [0.1, 0.15) is 16.7 Å². The molecular formula is C35H27N3O5S. The molecule has 0 N–H and O–H groups in total. The molecule has 0 spiro atoms. The fraction of sp³-hybridized carbons (Fsp3) is 0.0857. The molecule has 0 unspecified atom stereocenters. The van der Waals surface area contributed by atoms with Crippen molar-refractivity contribution in [1.82, 2.24) is 4.90 Å². The normalized spacial score (nSPS) is 14.8. The van der Waals surface area contributed by atoms with E-state index in [0.717, 1.165) is 33.3 Å².